The first-order chi connectivity index (χ1) is 21.2. The highest BCUT2D eigenvalue weighted by Crippen LogP contribution is 2.35. The molecule has 0 amide bonds. The maximum absolute atomic E-state index is 13.2. The predicted molar refractivity (Wildman–Crippen MR) is 165 cm³/mol. The minimum absolute atomic E-state index is 0.00590. The lowest BCUT2D eigenvalue weighted by Crippen LogP contribution is -2.32. The second-order valence-electron chi connectivity index (χ2n) is 11.5. The number of aromatic amines is 1. The van der Waals surface area contributed by atoms with E-state index in [1.165, 1.54) is 0 Å². The van der Waals surface area contributed by atoms with Crippen molar-refractivity contribution in [3.8, 4) is 5.82 Å². The Bertz CT molecular complexity index is 1470. The first-order valence-electron chi connectivity index (χ1n) is 14.9. The van der Waals surface area contributed by atoms with E-state index in [1.807, 2.05) is 52.1 Å². The molecule has 4 heterocycles. The first kappa shape index (κ1) is 34.1. The molecule has 6 rings (SSSR count). The van der Waals surface area contributed by atoms with Crippen LogP contribution in [0, 0.1) is 27.7 Å². The third-order valence-electron chi connectivity index (χ3n) is 7.36. The largest absolute Gasteiger partial charge is 0.351 e. The van der Waals surface area contributed by atoms with Gasteiger partial charge < -0.3 is 10.6 Å². The summed E-state index contributed by atoms with van der Waals surface area (Å²) in [5, 5.41) is 17.4. The summed E-state index contributed by atoms with van der Waals surface area (Å²) in [5.74, 6) is -3.47. The zero-order valence-electron chi connectivity index (χ0n) is 25.8. The maximum atomic E-state index is 13.2. The smallest absolute Gasteiger partial charge is 0.248 e. The number of hydrogen-bond donors (Lipinski definition) is 3. The molecule has 2 fully saturated rings. The average molecular weight is 651 g/mol. The van der Waals surface area contributed by atoms with Gasteiger partial charge in [0.2, 0.25) is 23.7 Å². The number of hydrogen-bond acceptors (Lipinski definition) is 8. The highest BCUT2D eigenvalue weighted by molar-refractivity contribution is 6.29. The van der Waals surface area contributed by atoms with Gasteiger partial charge in [-0.1, -0.05) is 11.6 Å². The van der Waals surface area contributed by atoms with Crippen LogP contribution in [-0.2, 0) is 0 Å². The van der Waals surface area contributed by atoms with Crippen molar-refractivity contribution >= 4 is 23.5 Å². The highest BCUT2D eigenvalue weighted by Gasteiger charge is 2.36. The van der Waals surface area contributed by atoms with Crippen molar-refractivity contribution in [1.29, 1.82) is 0 Å². The van der Waals surface area contributed by atoms with Gasteiger partial charge in [0.05, 0.1) is 5.69 Å². The van der Waals surface area contributed by atoms with Crippen molar-refractivity contribution in [3.05, 3.63) is 64.6 Å². The lowest BCUT2D eigenvalue weighted by molar-refractivity contribution is -0.0366. The number of halogens is 5. The Morgan fingerprint density at radius 2 is 1.29 bits per heavy atom. The molecule has 2 aliphatic rings. The number of nitrogens with one attached hydrogen (secondary N) is 3. The summed E-state index contributed by atoms with van der Waals surface area (Å²) in [6.07, 6.45) is 4.97. The summed E-state index contributed by atoms with van der Waals surface area (Å²) < 4.78 is 54.0. The van der Waals surface area contributed by atoms with Crippen molar-refractivity contribution in [1.82, 2.24) is 39.9 Å². The number of H-pyrrole nitrogens is 1. The first-order valence-corrected chi connectivity index (χ1v) is 15.3. The second-order valence-corrected chi connectivity index (χ2v) is 11.9. The molecule has 4 aromatic heterocycles. The summed E-state index contributed by atoms with van der Waals surface area (Å²) in [6, 6.07) is 7.31. The highest BCUT2D eigenvalue weighted by atomic mass is 35.5. The average Bonchev–Trinajstić information content (AvgIpc) is 3.62. The van der Waals surface area contributed by atoms with Crippen molar-refractivity contribution in [2.45, 2.75) is 103 Å². The summed E-state index contributed by atoms with van der Waals surface area (Å²) in [5.41, 5.74) is 3.57. The molecule has 0 spiro atoms. The van der Waals surface area contributed by atoms with Crippen LogP contribution in [0.2, 0.25) is 5.15 Å². The molecule has 0 saturated heterocycles. The second kappa shape index (κ2) is 15.0. The van der Waals surface area contributed by atoms with Crippen molar-refractivity contribution < 1.29 is 17.6 Å². The summed E-state index contributed by atoms with van der Waals surface area (Å²) in [6.45, 7) is 7.56. The Morgan fingerprint density at radius 3 is 1.71 bits per heavy atom. The van der Waals surface area contributed by atoms with Crippen LogP contribution in [0.1, 0.15) is 74.1 Å². The van der Waals surface area contributed by atoms with Crippen LogP contribution < -0.4 is 10.6 Å². The van der Waals surface area contributed by atoms with E-state index in [4.69, 9.17) is 11.6 Å². The molecule has 4 aromatic rings. The van der Waals surface area contributed by atoms with Gasteiger partial charge in [-0.15, -0.1) is 0 Å². The molecule has 0 bridgehead atoms. The lowest BCUT2D eigenvalue weighted by Gasteiger charge is -2.28. The molecule has 3 N–H and O–H groups in total. The van der Waals surface area contributed by atoms with Gasteiger partial charge >= 0.3 is 0 Å². The minimum atomic E-state index is -2.52. The molecule has 244 valence electrons. The molecule has 0 atom stereocenters. The third kappa shape index (κ3) is 11.2. The van der Waals surface area contributed by atoms with E-state index < -0.39 is 11.8 Å². The summed E-state index contributed by atoms with van der Waals surface area (Å²) in [7, 11) is 0. The van der Waals surface area contributed by atoms with Crippen LogP contribution in [0.15, 0.2) is 36.7 Å². The van der Waals surface area contributed by atoms with Gasteiger partial charge in [-0.2, -0.15) is 15.2 Å². The number of anilines is 2. The quantitative estimate of drug-likeness (QED) is 0.151. The molecule has 0 unspecified atom stereocenters. The number of aryl methyl sites for hydroxylation is 4. The topological polar surface area (TPSA) is 122 Å². The Kier molecular flexibility index (Phi) is 11.3. The molecular weight excluding hydrogens is 612 g/mol. The van der Waals surface area contributed by atoms with E-state index in [1.54, 1.807) is 16.9 Å². The Balaban J connectivity index is 0.000000177. The van der Waals surface area contributed by atoms with Gasteiger partial charge in [0.25, 0.3) is 0 Å². The lowest BCUT2D eigenvalue weighted by atomic mass is 9.92. The van der Waals surface area contributed by atoms with Crippen LogP contribution in [0.5, 0.6) is 0 Å². The maximum Gasteiger partial charge on any atom is 0.248 e. The van der Waals surface area contributed by atoms with Crippen LogP contribution in [-0.4, -0.2) is 63.8 Å². The van der Waals surface area contributed by atoms with Gasteiger partial charge in [-0.3, -0.25) is 5.10 Å². The fourth-order valence-corrected chi connectivity index (χ4v) is 5.17. The number of nitrogens with zero attached hydrogens (tertiary/aromatic N) is 7. The van der Waals surface area contributed by atoms with Crippen molar-refractivity contribution in [2.24, 2.45) is 0 Å². The Hall–Kier alpha value is -3.81. The van der Waals surface area contributed by atoms with E-state index in [0.717, 1.165) is 22.8 Å². The monoisotopic (exact) mass is 650 g/mol. The number of rotatable bonds is 5. The Morgan fingerprint density at radius 1 is 0.756 bits per heavy atom. The predicted octanol–water partition coefficient (Wildman–Crippen LogP) is 7.42. The summed E-state index contributed by atoms with van der Waals surface area (Å²) in [4.78, 5) is 17.0. The molecule has 10 nitrogen and oxygen atoms in total. The van der Waals surface area contributed by atoms with Crippen molar-refractivity contribution in [2.75, 3.05) is 10.6 Å². The third-order valence-corrected chi connectivity index (χ3v) is 7.56. The molecule has 2 saturated carbocycles. The number of alkyl halides is 4. The van der Waals surface area contributed by atoms with Crippen molar-refractivity contribution in [3.63, 3.8) is 0 Å². The molecule has 15 heteroatoms. The molecule has 0 aliphatic heterocycles. The fraction of sp³-hybridized carbons (Fsp3) is 0.533. The normalized spacial score (nSPS) is 17.8. The summed E-state index contributed by atoms with van der Waals surface area (Å²) >= 11 is 5.80. The van der Waals surface area contributed by atoms with E-state index in [2.05, 4.69) is 45.9 Å². The zero-order chi connectivity index (χ0) is 32.6. The minimum Gasteiger partial charge on any atom is -0.351 e. The number of aromatic nitrogens is 8. The van der Waals surface area contributed by atoms with Crippen LogP contribution >= 0.6 is 11.6 Å². The molecule has 2 aliphatic carbocycles. The van der Waals surface area contributed by atoms with E-state index in [0.29, 0.717) is 48.6 Å². The fourth-order valence-electron chi connectivity index (χ4n) is 4.93. The van der Waals surface area contributed by atoms with Gasteiger partial charge in [-0.25, -0.2) is 37.2 Å². The van der Waals surface area contributed by atoms with E-state index in [9.17, 15) is 17.6 Å². The van der Waals surface area contributed by atoms with E-state index >= 15 is 0 Å². The van der Waals surface area contributed by atoms with Gasteiger partial charge in [0, 0.05) is 73.3 Å². The van der Waals surface area contributed by atoms with Gasteiger partial charge in [0.15, 0.2) is 5.82 Å². The SMILES string of the molecule is Cc1cc(-n2ccc(C)n2)nc(NC2CCC(F)(F)CC2)n1.Cc1cc(Cl)nc(NC2CCC(F)(F)CC2)n1.Cc1ccn[nH]1. The molecule has 45 heavy (non-hydrogen) atoms. The standard InChI is InChI=1S/C15H19F2N5.C11H14ClF2N3.C4H6N2/c1-10-5-8-22(21-10)13-9-11(2)18-14(20-13)19-12-3-6-15(16,17)7-4-12;1-7-6-9(12)17-10(15-7)16-8-2-4-11(13,14)5-3-8;1-4-2-3-5-6-4/h5,8-9,12H,3-4,6-7H2,1-2H3,(H,18,19,20);6,8H,2-5H2,1H3,(H,15,16,17);2-3H,1H3,(H,5,6). The van der Waals surface area contributed by atoms with Crippen LogP contribution in [0.3, 0.4) is 0 Å². The molecular formula is C30H39ClF4N10. The van der Waals surface area contributed by atoms with Gasteiger partial charge in [-0.05, 0) is 71.6 Å². The van der Waals surface area contributed by atoms with E-state index in [-0.39, 0.29) is 37.8 Å². The van der Waals surface area contributed by atoms with Gasteiger partial charge in [0.1, 0.15) is 5.15 Å². The molecule has 0 radical (unpaired) electrons. The zero-order valence-corrected chi connectivity index (χ0v) is 26.6. The molecule has 0 aromatic carbocycles. The van der Waals surface area contributed by atoms with Crippen LogP contribution in [0.4, 0.5) is 29.5 Å². The Labute approximate surface area is 264 Å². The van der Waals surface area contributed by atoms with Crippen LogP contribution in [0.25, 0.3) is 5.82 Å².